The van der Waals surface area contributed by atoms with Crippen molar-refractivity contribution >= 4 is 17.5 Å². The Morgan fingerprint density at radius 2 is 2.27 bits per heavy atom. The molecule has 0 bridgehead atoms. The predicted octanol–water partition coefficient (Wildman–Crippen LogP) is 0.894. The van der Waals surface area contributed by atoms with E-state index in [-0.39, 0.29) is 12.7 Å². The lowest BCUT2D eigenvalue weighted by Crippen LogP contribution is -2.29. The number of ether oxygens (including phenoxy) is 1. The summed E-state index contributed by atoms with van der Waals surface area (Å²) in [5, 5.41) is -0.705. The van der Waals surface area contributed by atoms with Gasteiger partial charge in [0.2, 0.25) is 5.91 Å². The van der Waals surface area contributed by atoms with Gasteiger partial charge in [0.05, 0.1) is 12.7 Å². The molecule has 0 rings (SSSR count). The number of primary amides is 1. The van der Waals surface area contributed by atoms with E-state index in [2.05, 4.69) is 0 Å². The van der Waals surface area contributed by atoms with Gasteiger partial charge in [0.1, 0.15) is 5.38 Å². The van der Waals surface area contributed by atoms with Crippen molar-refractivity contribution in [1.29, 1.82) is 0 Å². The van der Waals surface area contributed by atoms with Crippen LogP contribution in [0.1, 0.15) is 20.3 Å². The number of carbonyl (C=O) groups is 1. The summed E-state index contributed by atoms with van der Waals surface area (Å²) in [6, 6.07) is 0. The minimum Gasteiger partial charge on any atom is -0.376 e. The first kappa shape index (κ1) is 10.7. The van der Waals surface area contributed by atoms with Gasteiger partial charge in [-0.25, -0.2) is 0 Å². The first-order valence-corrected chi connectivity index (χ1v) is 4.06. The van der Waals surface area contributed by atoms with E-state index in [0.717, 1.165) is 6.42 Å². The third-order valence-corrected chi connectivity index (χ3v) is 1.75. The second kappa shape index (κ2) is 5.38. The van der Waals surface area contributed by atoms with Crippen LogP contribution in [0.2, 0.25) is 0 Å². The standard InChI is InChI=1S/C7H14ClNO2/c1-3-5(2)11-4-6(8)7(9)10/h5-6H,3-4H2,1-2H3,(H2,9,10). The fraction of sp³-hybridized carbons (Fsp3) is 0.857. The van der Waals surface area contributed by atoms with Gasteiger partial charge >= 0.3 is 0 Å². The maximum Gasteiger partial charge on any atom is 0.237 e. The van der Waals surface area contributed by atoms with E-state index < -0.39 is 11.3 Å². The number of rotatable bonds is 5. The van der Waals surface area contributed by atoms with Crippen LogP contribution in [0.25, 0.3) is 0 Å². The largest absolute Gasteiger partial charge is 0.376 e. The molecule has 0 fully saturated rings. The minimum atomic E-state index is -0.705. The van der Waals surface area contributed by atoms with Crippen LogP contribution in [0, 0.1) is 0 Å². The number of carbonyl (C=O) groups excluding carboxylic acids is 1. The third-order valence-electron chi connectivity index (χ3n) is 1.41. The Morgan fingerprint density at radius 1 is 1.73 bits per heavy atom. The molecule has 0 aliphatic carbocycles. The van der Waals surface area contributed by atoms with Crippen LogP contribution < -0.4 is 5.73 Å². The van der Waals surface area contributed by atoms with E-state index in [4.69, 9.17) is 22.1 Å². The van der Waals surface area contributed by atoms with Crippen LogP contribution in [0.4, 0.5) is 0 Å². The highest BCUT2D eigenvalue weighted by molar-refractivity contribution is 6.30. The third kappa shape index (κ3) is 5.04. The zero-order valence-electron chi connectivity index (χ0n) is 6.84. The van der Waals surface area contributed by atoms with Crippen molar-refractivity contribution in [2.75, 3.05) is 6.61 Å². The summed E-state index contributed by atoms with van der Waals surface area (Å²) in [6.07, 6.45) is 1.04. The van der Waals surface area contributed by atoms with Crippen LogP contribution in [-0.4, -0.2) is 24.0 Å². The van der Waals surface area contributed by atoms with Crippen molar-refractivity contribution in [1.82, 2.24) is 0 Å². The van der Waals surface area contributed by atoms with Crippen LogP contribution in [0.15, 0.2) is 0 Å². The Kier molecular flexibility index (Phi) is 5.24. The van der Waals surface area contributed by atoms with Crippen LogP contribution in [-0.2, 0) is 9.53 Å². The van der Waals surface area contributed by atoms with Crippen molar-refractivity contribution in [3.05, 3.63) is 0 Å². The number of alkyl halides is 1. The number of nitrogens with two attached hydrogens (primary N) is 1. The molecule has 11 heavy (non-hydrogen) atoms. The molecule has 0 heterocycles. The van der Waals surface area contributed by atoms with E-state index in [1.54, 1.807) is 0 Å². The van der Waals surface area contributed by atoms with E-state index in [0.29, 0.717) is 0 Å². The Morgan fingerprint density at radius 3 is 2.64 bits per heavy atom. The van der Waals surface area contributed by atoms with Gasteiger partial charge in [-0.05, 0) is 13.3 Å². The lowest BCUT2D eigenvalue weighted by atomic mass is 10.3. The molecule has 0 aromatic heterocycles. The minimum absolute atomic E-state index is 0.135. The van der Waals surface area contributed by atoms with E-state index in [9.17, 15) is 4.79 Å². The van der Waals surface area contributed by atoms with E-state index in [1.165, 1.54) is 0 Å². The van der Waals surface area contributed by atoms with Crippen molar-refractivity contribution in [3.8, 4) is 0 Å². The lowest BCUT2D eigenvalue weighted by Gasteiger charge is -2.11. The molecule has 2 atom stereocenters. The number of amides is 1. The Hall–Kier alpha value is -0.280. The Balaban J connectivity index is 3.45. The summed E-state index contributed by atoms with van der Waals surface area (Å²) < 4.78 is 5.18. The highest BCUT2D eigenvalue weighted by atomic mass is 35.5. The number of hydrogen-bond donors (Lipinski definition) is 1. The Labute approximate surface area is 71.8 Å². The van der Waals surface area contributed by atoms with Crippen molar-refractivity contribution in [2.24, 2.45) is 5.73 Å². The van der Waals surface area contributed by atoms with Gasteiger partial charge in [-0.3, -0.25) is 4.79 Å². The van der Waals surface area contributed by atoms with Crippen LogP contribution in [0.3, 0.4) is 0 Å². The summed E-state index contributed by atoms with van der Waals surface area (Å²) in [5.41, 5.74) is 4.91. The second-order valence-electron chi connectivity index (χ2n) is 2.42. The summed E-state index contributed by atoms with van der Waals surface area (Å²) in [4.78, 5) is 10.4. The summed E-state index contributed by atoms with van der Waals surface area (Å²) in [5.74, 6) is -0.532. The molecule has 66 valence electrons. The first-order chi connectivity index (χ1) is 5.07. The zero-order valence-corrected chi connectivity index (χ0v) is 7.60. The second-order valence-corrected chi connectivity index (χ2v) is 2.95. The molecule has 0 aliphatic heterocycles. The fourth-order valence-corrected chi connectivity index (χ4v) is 0.521. The van der Waals surface area contributed by atoms with Gasteiger partial charge in [-0.15, -0.1) is 11.6 Å². The van der Waals surface area contributed by atoms with E-state index >= 15 is 0 Å². The molecule has 0 saturated heterocycles. The van der Waals surface area contributed by atoms with Crippen molar-refractivity contribution in [2.45, 2.75) is 31.7 Å². The predicted molar refractivity (Wildman–Crippen MR) is 44.5 cm³/mol. The van der Waals surface area contributed by atoms with Crippen LogP contribution >= 0.6 is 11.6 Å². The SMILES string of the molecule is CCC(C)OCC(Cl)C(N)=O. The molecule has 0 spiro atoms. The molecule has 4 heteroatoms. The monoisotopic (exact) mass is 179 g/mol. The first-order valence-electron chi connectivity index (χ1n) is 3.63. The summed E-state index contributed by atoms with van der Waals surface area (Å²) in [7, 11) is 0. The molecule has 2 unspecified atom stereocenters. The molecule has 0 aromatic rings. The molecule has 1 amide bonds. The summed E-state index contributed by atoms with van der Waals surface area (Å²) in [6.45, 7) is 4.12. The highest BCUT2D eigenvalue weighted by Gasteiger charge is 2.12. The topological polar surface area (TPSA) is 52.3 Å². The maximum atomic E-state index is 10.4. The van der Waals surface area contributed by atoms with Gasteiger partial charge in [0.15, 0.2) is 0 Å². The Bertz CT molecular complexity index is 130. The molecule has 2 N–H and O–H groups in total. The van der Waals surface area contributed by atoms with Gasteiger partial charge in [-0.1, -0.05) is 6.92 Å². The molecule has 0 aromatic carbocycles. The average Bonchev–Trinajstić information content (AvgIpc) is 1.99. The fourth-order valence-electron chi connectivity index (χ4n) is 0.449. The van der Waals surface area contributed by atoms with Gasteiger partial charge in [-0.2, -0.15) is 0 Å². The quantitative estimate of drug-likeness (QED) is 0.638. The molecule has 3 nitrogen and oxygen atoms in total. The molecule has 0 saturated carbocycles. The number of hydrogen-bond acceptors (Lipinski definition) is 2. The normalized spacial score (nSPS) is 15.9. The van der Waals surface area contributed by atoms with Gasteiger partial charge < -0.3 is 10.5 Å². The van der Waals surface area contributed by atoms with Crippen LogP contribution in [0.5, 0.6) is 0 Å². The van der Waals surface area contributed by atoms with Gasteiger partial charge in [0.25, 0.3) is 0 Å². The molecular formula is C7H14ClNO2. The zero-order chi connectivity index (χ0) is 8.85. The lowest BCUT2D eigenvalue weighted by molar-refractivity contribution is -0.119. The molecule has 0 aliphatic rings. The average molecular weight is 180 g/mol. The molecule has 0 radical (unpaired) electrons. The maximum absolute atomic E-state index is 10.4. The summed E-state index contributed by atoms with van der Waals surface area (Å²) >= 11 is 5.52. The molecular weight excluding hydrogens is 166 g/mol. The van der Waals surface area contributed by atoms with Gasteiger partial charge in [0, 0.05) is 0 Å². The van der Waals surface area contributed by atoms with E-state index in [1.807, 2.05) is 13.8 Å². The highest BCUT2D eigenvalue weighted by Crippen LogP contribution is 2.01. The number of halogens is 1. The van der Waals surface area contributed by atoms with Crippen molar-refractivity contribution < 1.29 is 9.53 Å². The smallest absolute Gasteiger partial charge is 0.237 e. The van der Waals surface area contributed by atoms with Crippen molar-refractivity contribution in [3.63, 3.8) is 0 Å².